The number of nitrogens with zero attached hydrogens (tertiary/aromatic N) is 1. The molecule has 1 N–H and O–H groups in total. The number of thioether (sulfide) groups is 1. The third kappa shape index (κ3) is 5.19. The van der Waals surface area contributed by atoms with E-state index in [0.717, 1.165) is 25.3 Å². The van der Waals surface area contributed by atoms with Gasteiger partial charge in [0, 0.05) is 29.6 Å². The highest BCUT2D eigenvalue weighted by Crippen LogP contribution is 2.17. The van der Waals surface area contributed by atoms with Gasteiger partial charge in [-0.05, 0) is 24.6 Å². The summed E-state index contributed by atoms with van der Waals surface area (Å²) in [5, 5.41) is 3.32. The highest BCUT2D eigenvalue weighted by atomic mass is 32.2. The second kappa shape index (κ2) is 7.71. The highest BCUT2D eigenvalue weighted by Gasteiger charge is 1.97. The van der Waals surface area contributed by atoms with Crippen molar-refractivity contribution in [1.82, 2.24) is 10.3 Å². The molecule has 84 valence electrons. The minimum Gasteiger partial charge on any atom is -0.316 e. The van der Waals surface area contributed by atoms with Crippen molar-refractivity contribution in [3.8, 4) is 0 Å². The summed E-state index contributed by atoms with van der Waals surface area (Å²) in [5.74, 6) is 1.12. The Morgan fingerprint density at radius 1 is 1.33 bits per heavy atom. The number of nitrogens with one attached hydrogen (secondary N) is 1. The fourth-order valence-corrected chi connectivity index (χ4v) is 2.24. The molecule has 0 aliphatic carbocycles. The Hall–Kier alpha value is -0.540. The number of aromatic nitrogens is 1. The van der Waals surface area contributed by atoms with Gasteiger partial charge in [-0.15, -0.1) is 11.8 Å². The van der Waals surface area contributed by atoms with Crippen LogP contribution in [-0.2, 0) is 6.42 Å². The van der Waals surface area contributed by atoms with Gasteiger partial charge in [-0.3, -0.25) is 4.98 Å². The van der Waals surface area contributed by atoms with Crippen LogP contribution in [0.15, 0.2) is 23.4 Å². The summed E-state index contributed by atoms with van der Waals surface area (Å²) in [6, 6.07) is 2.26. The Morgan fingerprint density at radius 3 is 2.93 bits per heavy atom. The van der Waals surface area contributed by atoms with Crippen LogP contribution in [0.3, 0.4) is 0 Å². The molecule has 0 fully saturated rings. The van der Waals surface area contributed by atoms with Crippen LogP contribution >= 0.6 is 11.8 Å². The molecule has 3 heteroatoms. The molecule has 0 saturated heterocycles. The zero-order chi connectivity index (χ0) is 10.9. The molecule has 1 aromatic rings. The van der Waals surface area contributed by atoms with Crippen molar-refractivity contribution in [2.75, 3.05) is 18.8 Å². The van der Waals surface area contributed by atoms with Crippen molar-refractivity contribution < 1.29 is 0 Å². The van der Waals surface area contributed by atoms with Crippen LogP contribution in [0.25, 0.3) is 0 Å². The fourth-order valence-electron chi connectivity index (χ4n) is 1.39. The maximum absolute atomic E-state index is 4.26. The van der Waals surface area contributed by atoms with Crippen LogP contribution < -0.4 is 5.32 Å². The van der Waals surface area contributed by atoms with Gasteiger partial charge in [0.2, 0.25) is 0 Å². The molecule has 0 bridgehead atoms. The zero-order valence-electron chi connectivity index (χ0n) is 9.62. The van der Waals surface area contributed by atoms with Gasteiger partial charge in [-0.25, -0.2) is 0 Å². The summed E-state index contributed by atoms with van der Waals surface area (Å²) >= 11 is 1.88. The van der Waals surface area contributed by atoms with Crippen molar-refractivity contribution in [1.29, 1.82) is 0 Å². The van der Waals surface area contributed by atoms with Crippen LogP contribution in [-0.4, -0.2) is 23.8 Å². The molecule has 0 spiro atoms. The monoisotopic (exact) mass is 224 g/mol. The molecule has 1 aromatic heterocycles. The topological polar surface area (TPSA) is 24.9 Å². The molecular formula is C12H20N2S. The van der Waals surface area contributed by atoms with Crippen LogP contribution in [0, 0.1) is 0 Å². The summed E-state index contributed by atoms with van der Waals surface area (Å²) in [5.41, 5.74) is 1.35. The minimum absolute atomic E-state index is 1.05. The Bertz CT molecular complexity index is 276. The van der Waals surface area contributed by atoms with Gasteiger partial charge in [0.15, 0.2) is 0 Å². The molecule has 1 rings (SSSR count). The predicted molar refractivity (Wildman–Crippen MR) is 67.5 cm³/mol. The van der Waals surface area contributed by atoms with E-state index in [4.69, 9.17) is 0 Å². The van der Waals surface area contributed by atoms with Gasteiger partial charge >= 0.3 is 0 Å². The quantitative estimate of drug-likeness (QED) is 0.569. The average Bonchev–Trinajstić information content (AvgIpc) is 2.26. The van der Waals surface area contributed by atoms with Gasteiger partial charge in [-0.1, -0.05) is 20.3 Å². The molecule has 0 radical (unpaired) electrons. The Kier molecular flexibility index (Phi) is 6.44. The molecule has 0 saturated carbocycles. The molecule has 1 heterocycles. The van der Waals surface area contributed by atoms with Crippen molar-refractivity contribution in [3.63, 3.8) is 0 Å². The van der Waals surface area contributed by atoms with Crippen LogP contribution in [0.4, 0.5) is 0 Å². The molecule has 15 heavy (non-hydrogen) atoms. The third-order valence-corrected chi connectivity index (χ3v) is 3.07. The lowest BCUT2D eigenvalue weighted by Crippen LogP contribution is -2.15. The number of hydrogen-bond donors (Lipinski definition) is 1. The third-order valence-electron chi connectivity index (χ3n) is 2.11. The lowest BCUT2D eigenvalue weighted by Gasteiger charge is -2.04. The first-order valence-corrected chi connectivity index (χ1v) is 6.62. The molecule has 0 amide bonds. The van der Waals surface area contributed by atoms with Gasteiger partial charge in [0.25, 0.3) is 0 Å². The van der Waals surface area contributed by atoms with Crippen molar-refractivity contribution >= 4 is 11.8 Å². The summed E-state index contributed by atoms with van der Waals surface area (Å²) in [6.45, 7) is 6.45. The van der Waals surface area contributed by atoms with E-state index in [-0.39, 0.29) is 0 Å². The molecule has 0 aromatic carbocycles. The fraction of sp³-hybridized carbons (Fsp3) is 0.583. The Morgan fingerprint density at radius 2 is 2.20 bits per heavy atom. The van der Waals surface area contributed by atoms with E-state index in [1.807, 2.05) is 24.2 Å². The second-order valence-corrected chi connectivity index (χ2v) is 4.65. The largest absolute Gasteiger partial charge is 0.316 e. The van der Waals surface area contributed by atoms with Crippen molar-refractivity contribution in [3.05, 3.63) is 24.0 Å². The van der Waals surface area contributed by atoms with E-state index >= 15 is 0 Å². The van der Waals surface area contributed by atoms with Crippen molar-refractivity contribution in [2.24, 2.45) is 0 Å². The summed E-state index contributed by atoms with van der Waals surface area (Å²) in [7, 11) is 0. The standard InChI is InChI=1S/C12H20N2S/c1-3-5-11-8-12(10-14-9-11)15-7-6-13-4-2/h8-10,13H,3-7H2,1-2H3. The number of hydrogen-bond acceptors (Lipinski definition) is 3. The smallest absolute Gasteiger partial charge is 0.0404 e. The average molecular weight is 224 g/mol. The van der Waals surface area contributed by atoms with E-state index in [0.29, 0.717) is 0 Å². The maximum Gasteiger partial charge on any atom is 0.0404 e. The first-order valence-electron chi connectivity index (χ1n) is 5.64. The molecule has 2 nitrogen and oxygen atoms in total. The van der Waals surface area contributed by atoms with Crippen LogP contribution in [0.2, 0.25) is 0 Å². The summed E-state index contributed by atoms with van der Waals surface area (Å²) in [6.07, 6.45) is 6.25. The van der Waals surface area contributed by atoms with Crippen LogP contribution in [0.1, 0.15) is 25.8 Å². The predicted octanol–water partition coefficient (Wildman–Crippen LogP) is 2.74. The van der Waals surface area contributed by atoms with Gasteiger partial charge in [0.1, 0.15) is 0 Å². The second-order valence-electron chi connectivity index (χ2n) is 3.48. The first-order chi connectivity index (χ1) is 7.36. The number of pyridine rings is 1. The van der Waals surface area contributed by atoms with E-state index in [1.165, 1.54) is 16.9 Å². The van der Waals surface area contributed by atoms with Crippen LogP contribution in [0.5, 0.6) is 0 Å². The van der Waals surface area contributed by atoms with E-state index in [1.54, 1.807) is 0 Å². The Balaban J connectivity index is 2.36. The highest BCUT2D eigenvalue weighted by molar-refractivity contribution is 7.99. The molecule has 0 atom stereocenters. The van der Waals surface area contributed by atoms with E-state index < -0.39 is 0 Å². The van der Waals surface area contributed by atoms with Crippen molar-refractivity contribution in [2.45, 2.75) is 31.6 Å². The first kappa shape index (κ1) is 12.5. The van der Waals surface area contributed by atoms with Gasteiger partial charge < -0.3 is 5.32 Å². The molecule has 0 aliphatic rings. The number of aryl methyl sites for hydroxylation is 1. The van der Waals surface area contributed by atoms with E-state index in [9.17, 15) is 0 Å². The zero-order valence-corrected chi connectivity index (χ0v) is 10.4. The van der Waals surface area contributed by atoms with Gasteiger partial charge in [-0.2, -0.15) is 0 Å². The normalized spacial score (nSPS) is 10.5. The summed E-state index contributed by atoms with van der Waals surface area (Å²) < 4.78 is 0. The minimum atomic E-state index is 1.05. The SMILES string of the molecule is CCCc1cncc(SCCNCC)c1. The summed E-state index contributed by atoms with van der Waals surface area (Å²) in [4.78, 5) is 5.55. The van der Waals surface area contributed by atoms with Gasteiger partial charge in [0.05, 0.1) is 0 Å². The van der Waals surface area contributed by atoms with E-state index in [2.05, 4.69) is 30.2 Å². The molecule has 0 aliphatic heterocycles. The number of rotatable bonds is 7. The lowest BCUT2D eigenvalue weighted by atomic mass is 10.2. The maximum atomic E-state index is 4.26. The lowest BCUT2D eigenvalue weighted by molar-refractivity contribution is 0.768. The molecule has 0 unspecified atom stereocenters. The molecular weight excluding hydrogens is 204 g/mol. The Labute approximate surface area is 96.9 Å².